The number of nitrogens with zero attached hydrogens (tertiary/aromatic N) is 3. The molecule has 1 fully saturated rings. The molecular formula is C18H23ClN4O2. The lowest BCUT2D eigenvalue weighted by molar-refractivity contribution is 0.134. The van der Waals surface area contributed by atoms with Gasteiger partial charge in [0.2, 0.25) is 5.95 Å². The summed E-state index contributed by atoms with van der Waals surface area (Å²) >= 11 is 6.56. The van der Waals surface area contributed by atoms with Crippen LogP contribution in [-0.2, 0) is 4.74 Å². The highest BCUT2D eigenvalue weighted by Gasteiger charge is 2.27. The zero-order valence-electron chi connectivity index (χ0n) is 14.8. The Morgan fingerprint density at radius 2 is 2.08 bits per heavy atom. The van der Waals surface area contributed by atoms with E-state index in [4.69, 9.17) is 26.8 Å². The van der Waals surface area contributed by atoms with Crippen molar-refractivity contribution < 1.29 is 9.47 Å². The lowest BCUT2D eigenvalue weighted by Gasteiger charge is -2.32. The fraction of sp³-hybridized carbons (Fsp3) is 0.444. The Morgan fingerprint density at radius 1 is 1.28 bits per heavy atom. The fourth-order valence-corrected chi connectivity index (χ4v) is 3.47. The van der Waals surface area contributed by atoms with Crippen LogP contribution in [0, 0.1) is 13.8 Å². The summed E-state index contributed by atoms with van der Waals surface area (Å²) in [4.78, 5) is 10.8. The molecule has 25 heavy (non-hydrogen) atoms. The maximum atomic E-state index is 6.56. The Hall–Kier alpha value is -2.05. The van der Waals surface area contributed by atoms with E-state index in [-0.39, 0.29) is 12.0 Å². The number of hydrogen-bond donors (Lipinski definition) is 1. The molecule has 2 aromatic rings. The minimum Gasteiger partial charge on any atom is -0.496 e. The summed E-state index contributed by atoms with van der Waals surface area (Å²) in [6.07, 6.45) is 0.909. The van der Waals surface area contributed by atoms with Crippen LogP contribution in [0.25, 0.3) is 0 Å². The summed E-state index contributed by atoms with van der Waals surface area (Å²) in [5, 5.41) is 0.654. The van der Waals surface area contributed by atoms with Crippen molar-refractivity contribution >= 4 is 23.4 Å². The van der Waals surface area contributed by atoms with Crippen LogP contribution >= 0.6 is 11.6 Å². The molecule has 0 radical (unpaired) electrons. The number of aromatic nitrogens is 2. The van der Waals surface area contributed by atoms with E-state index in [9.17, 15) is 0 Å². The molecule has 0 bridgehead atoms. The van der Waals surface area contributed by atoms with Gasteiger partial charge in [-0.1, -0.05) is 11.6 Å². The quantitative estimate of drug-likeness (QED) is 0.903. The number of aryl methyl sites for hydroxylation is 2. The van der Waals surface area contributed by atoms with Crippen LogP contribution in [0.5, 0.6) is 5.75 Å². The number of anilines is 2. The Balaban J connectivity index is 2.06. The van der Waals surface area contributed by atoms with Crippen molar-refractivity contribution in [3.63, 3.8) is 0 Å². The first-order valence-corrected chi connectivity index (χ1v) is 8.67. The fourth-order valence-electron chi connectivity index (χ4n) is 3.19. The van der Waals surface area contributed by atoms with Gasteiger partial charge in [0.25, 0.3) is 0 Å². The molecule has 3 rings (SSSR count). The van der Waals surface area contributed by atoms with Gasteiger partial charge in [0.05, 0.1) is 19.8 Å². The van der Waals surface area contributed by atoms with Gasteiger partial charge in [-0.05, 0) is 43.5 Å². The zero-order valence-corrected chi connectivity index (χ0v) is 15.5. The van der Waals surface area contributed by atoms with E-state index >= 15 is 0 Å². The van der Waals surface area contributed by atoms with Gasteiger partial charge in [0.1, 0.15) is 11.6 Å². The lowest BCUT2D eigenvalue weighted by atomic mass is 10.0. The highest BCUT2D eigenvalue weighted by molar-refractivity contribution is 6.31. The van der Waals surface area contributed by atoms with Crippen molar-refractivity contribution in [2.24, 2.45) is 0 Å². The van der Waals surface area contributed by atoms with Gasteiger partial charge in [0.15, 0.2) is 0 Å². The molecule has 0 spiro atoms. The first-order valence-electron chi connectivity index (χ1n) is 8.29. The maximum Gasteiger partial charge on any atom is 0.222 e. The molecule has 0 saturated carbocycles. The molecule has 1 unspecified atom stereocenters. The predicted molar refractivity (Wildman–Crippen MR) is 99.4 cm³/mol. The van der Waals surface area contributed by atoms with E-state index in [1.54, 1.807) is 7.11 Å². The molecule has 0 aliphatic carbocycles. The van der Waals surface area contributed by atoms with Crippen molar-refractivity contribution in [3.8, 4) is 5.75 Å². The van der Waals surface area contributed by atoms with Crippen molar-refractivity contribution in [1.29, 1.82) is 0 Å². The standard InChI is InChI=1S/C18H23ClN4O2/c1-11-7-13(14(19)9-16(11)24-3)15-10-25-6-4-5-23(15)17-8-12(2)21-18(20)22-17/h7-9,15H,4-6,10H2,1-3H3,(H2,20,21,22). The van der Waals surface area contributed by atoms with Crippen LogP contribution in [0.15, 0.2) is 18.2 Å². The summed E-state index contributed by atoms with van der Waals surface area (Å²) in [5.74, 6) is 1.85. The van der Waals surface area contributed by atoms with Gasteiger partial charge < -0.3 is 20.1 Å². The Bertz CT molecular complexity index is 749. The Labute approximate surface area is 152 Å². The molecule has 1 saturated heterocycles. The molecule has 6 nitrogen and oxygen atoms in total. The summed E-state index contributed by atoms with van der Waals surface area (Å²) in [7, 11) is 1.64. The molecule has 1 atom stereocenters. The molecule has 2 heterocycles. The normalized spacial score (nSPS) is 18.1. The Morgan fingerprint density at radius 3 is 2.80 bits per heavy atom. The van der Waals surface area contributed by atoms with Crippen molar-refractivity contribution in [3.05, 3.63) is 40.0 Å². The molecule has 2 N–H and O–H groups in total. The summed E-state index contributed by atoms with van der Waals surface area (Å²) in [5.41, 5.74) is 8.72. The second-order valence-corrected chi connectivity index (χ2v) is 6.61. The van der Waals surface area contributed by atoms with Crippen LogP contribution in [0.4, 0.5) is 11.8 Å². The van der Waals surface area contributed by atoms with Gasteiger partial charge in [-0.3, -0.25) is 0 Å². The average molecular weight is 363 g/mol. The number of nitrogens with two attached hydrogens (primary N) is 1. The monoisotopic (exact) mass is 362 g/mol. The molecule has 1 aliphatic rings. The van der Waals surface area contributed by atoms with Crippen molar-refractivity contribution in [2.75, 3.05) is 37.5 Å². The van der Waals surface area contributed by atoms with E-state index in [1.165, 1.54) is 0 Å². The van der Waals surface area contributed by atoms with Crippen LogP contribution in [0.3, 0.4) is 0 Å². The predicted octanol–water partition coefficient (Wildman–Crippen LogP) is 3.31. The number of rotatable bonds is 3. The Kier molecular flexibility index (Phi) is 5.30. The molecule has 1 aromatic heterocycles. The van der Waals surface area contributed by atoms with Gasteiger partial charge in [-0.25, -0.2) is 4.98 Å². The molecular weight excluding hydrogens is 340 g/mol. The second-order valence-electron chi connectivity index (χ2n) is 6.21. The third kappa shape index (κ3) is 3.80. The number of benzene rings is 1. The minimum absolute atomic E-state index is 0.0479. The molecule has 0 amide bonds. The molecule has 1 aromatic carbocycles. The molecule has 134 valence electrons. The highest BCUT2D eigenvalue weighted by Crippen LogP contribution is 2.36. The van der Waals surface area contributed by atoms with Gasteiger partial charge >= 0.3 is 0 Å². The van der Waals surface area contributed by atoms with Gasteiger partial charge in [-0.2, -0.15) is 4.98 Å². The topological polar surface area (TPSA) is 73.5 Å². The molecule has 7 heteroatoms. The number of ether oxygens (including phenoxy) is 2. The summed E-state index contributed by atoms with van der Waals surface area (Å²) in [6.45, 7) is 5.97. The van der Waals surface area contributed by atoms with Crippen molar-refractivity contribution in [2.45, 2.75) is 26.3 Å². The number of halogens is 1. The number of nitrogen functional groups attached to an aromatic ring is 1. The van der Waals surface area contributed by atoms with E-state index in [0.717, 1.165) is 41.4 Å². The van der Waals surface area contributed by atoms with E-state index in [0.29, 0.717) is 18.2 Å². The van der Waals surface area contributed by atoms with Crippen LogP contribution < -0.4 is 15.4 Å². The first kappa shape index (κ1) is 17.8. The summed E-state index contributed by atoms with van der Waals surface area (Å²) < 4.78 is 11.2. The van der Waals surface area contributed by atoms with Gasteiger partial charge in [-0.15, -0.1) is 0 Å². The van der Waals surface area contributed by atoms with E-state index in [1.807, 2.05) is 26.0 Å². The largest absolute Gasteiger partial charge is 0.496 e. The average Bonchev–Trinajstić information content (AvgIpc) is 2.81. The third-order valence-corrected chi connectivity index (χ3v) is 4.69. The molecule has 1 aliphatic heterocycles. The number of methoxy groups -OCH3 is 1. The van der Waals surface area contributed by atoms with Crippen LogP contribution in [0.2, 0.25) is 5.02 Å². The van der Waals surface area contributed by atoms with Gasteiger partial charge in [0, 0.05) is 29.9 Å². The van der Waals surface area contributed by atoms with Crippen molar-refractivity contribution in [1.82, 2.24) is 9.97 Å². The van der Waals surface area contributed by atoms with Crippen LogP contribution in [0.1, 0.15) is 29.3 Å². The van der Waals surface area contributed by atoms with Crippen LogP contribution in [-0.4, -0.2) is 36.8 Å². The SMILES string of the molecule is COc1cc(Cl)c(C2COCCCN2c2cc(C)nc(N)n2)cc1C. The third-order valence-electron chi connectivity index (χ3n) is 4.37. The zero-order chi connectivity index (χ0) is 18.0. The van der Waals surface area contributed by atoms with E-state index < -0.39 is 0 Å². The van der Waals surface area contributed by atoms with E-state index in [2.05, 4.69) is 20.9 Å². The number of hydrogen-bond acceptors (Lipinski definition) is 6. The second kappa shape index (κ2) is 7.45. The first-order chi connectivity index (χ1) is 12.0. The highest BCUT2D eigenvalue weighted by atomic mass is 35.5. The summed E-state index contributed by atoms with van der Waals surface area (Å²) in [6, 6.07) is 5.81. The maximum absolute atomic E-state index is 6.56. The smallest absolute Gasteiger partial charge is 0.222 e. The minimum atomic E-state index is -0.0479. The lowest BCUT2D eigenvalue weighted by Crippen LogP contribution is -2.32.